The first kappa shape index (κ1) is 20.8. The normalized spacial score (nSPS) is 28.9. The van der Waals surface area contributed by atoms with Crippen LogP contribution in [0.1, 0.15) is 45.4 Å². The summed E-state index contributed by atoms with van der Waals surface area (Å²) < 4.78 is 1.32. The molecule has 2 aromatic rings. The van der Waals surface area contributed by atoms with Gasteiger partial charge < -0.3 is 21.3 Å². The van der Waals surface area contributed by atoms with E-state index in [9.17, 15) is 14.4 Å². The van der Waals surface area contributed by atoms with Gasteiger partial charge in [0.05, 0.1) is 11.2 Å². The fourth-order valence-electron chi connectivity index (χ4n) is 5.73. The molecule has 5 atom stereocenters. The van der Waals surface area contributed by atoms with E-state index in [0.717, 1.165) is 30.6 Å². The van der Waals surface area contributed by atoms with Crippen molar-refractivity contribution in [2.75, 3.05) is 11.9 Å². The van der Waals surface area contributed by atoms with Crippen LogP contribution in [0.25, 0.3) is 10.9 Å². The third kappa shape index (κ3) is 3.82. The van der Waals surface area contributed by atoms with Crippen LogP contribution >= 0.6 is 0 Å². The summed E-state index contributed by atoms with van der Waals surface area (Å²) >= 11 is 0. The number of carbonyl (C=O) groups is 3. The number of hydrogen-bond donors (Lipinski definition) is 3. The molecule has 32 heavy (non-hydrogen) atoms. The molecule has 2 saturated carbocycles. The Bertz CT molecular complexity index is 1060. The van der Waals surface area contributed by atoms with E-state index in [0.29, 0.717) is 36.0 Å². The Kier molecular flexibility index (Phi) is 5.31. The number of piperidine rings is 1. The summed E-state index contributed by atoms with van der Waals surface area (Å²) in [6.45, 7) is 2.97. The molecular weight excluding hydrogens is 406 g/mol. The number of carbonyl (C=O) groups excluding carboxylic acids is 3. The topological polar surface area (TPSA) is 109 Å². The Hall–Kier alpha value is -3.03. The van der Waals surface area contributed by atoms with Gasteiger partial charge in [0.1, 0.15) is 6.04 Å². The van der Waals surface area contributed by atoms with Crippen molar-refractivity contribution in [1.82, 2.24) is 14.8 Å². The highest BCUT2D eigenvalue weighted by Crippen LogP contribution is 2.48. The summed E-state index contributed by atoms with van der Waals surface area (Å²) in [5.41, 5.74) is 6.64. The van der Waals surface area contributed by atoms with Gasteiger partial charge in [0.15, 0.2) is 0 Å². The number of anilines is 1. The van der Waals surface area contributed by atoms with E-state index in [1.54, 1.807) is 17.2 Å². The number of primary amides is 1. The molecule has 8 nitrogen and oxygen atoms in total. The van der Waals surface area contributed by atoms with E-state index in [1.165, 1.54) is 17.4 Å². The number of fused-ring (bicyclic) bond motifs is 2. The molecule has 2 heterocycles. The molecule has 1 aromatic heterocycles. The first-order valence-corrected chi connectivity index (χ1v) is 11.7. The lowest BCUT2D eigenvalue weighted by Crippen LogP contribution is -2.50. The lowest BCUT2D eigenvalue weighted by Gasteiger charge is -2.29. The Morgan fingerprint density at radius 2 is 1.94 bits per heavy atom. The largest absolute Gasteiger partial charge is 0.354 e. The van der Waals surface area contributed by atoms with Gasteiger partial charge in [-0.1, -0.05) is 38.0 Å². The van der Waals surface area contributed by atoms with Crippen molar-refractivity contribution in [3.8, 4) is 0 Å². The molecule has 2 unspecified atom stereocenters. The van der Waals surface area contributed by atoms with E-state index in [4.69, 9.17) is 5.73 Å². The maximum absolute atomic E-state index is 13.2. The van der Waals surface area contributed by atoms with Crippen LogP contribution in [0, 0.1) is 17.8 Å². The number of hydrogen-bond acceptors (Lipinski definition) is 3. The van der Waals surface area contributed by atoms with Crippen molar-refractivity contribution >= 4 is 34.6 Å². The third-order valence-electron chi connectivity index (χ3n) is 7.44. The van der Waals surface area contributed by atoms with Gasteiger partial charge in [-0.15, -0.1) is 0 Å². The van der Waals surface area contributed by atoms with Crippen molar-refractivity contribution in [2.45, 2.75) is 57.5 Å². The molecule has 4 N–H and O–H groups in total. The highest BCUT2D eigenvalue weighted by atomic mass is 16.2. The molecule has 4 amide bonds. The highest BCUT2D eigenvalue weighted by Gasteiger charge is 2.56. The van der Waals surface area contributed by atoms with Crippen LogP contribution in [0.4, 0.5) is 15.3 Å². The molecule has 0 spiro atoms. The van der Waals surface area contributed by atoms with Crippen LogP contribution in [-0.4, -0.2) is 46.1 Å². The van der Waals surface area contributed by atoms with Crippen LogP contribution in [-0.2, 0) is 4.79 Å². The summed E-state index contributed by atoms with van der Waals surface area (Å²) in [6, 6.07) is 6.05. The summed E-state index contributed by atoms with van der Waals surface area (Å²) in [4.78, 5) is 39.8. The first-order chi connectivity index (χ1) is 15.4. The zero-order chi connectivity index (χ0) is 22.4. The number of para-hydroxylation sites is 1. The molecule has 3 aliphatic rings. The number of aromatic nitrogens is 1. The molecule has 0 radical (unpaired) electrons. The van der Waals surface area contributed by atoms with E-state index in [-0.39, 0.29) is 18.0 Å². The van der Waals surface area contributed by atoms with Crippen molar-refractivity contribution < 1.29 is 14.4 Å². The van der Waals surface area contributed by atoms with Gasteiger partial charge in [-0.25, -0.2) is 9.59 Å². The van der Waals surface area contributed by atoms with Crippen molar-refractivity contribution in [2.24, 2.45) is 23.5 Å². The highest BCUT2D eigenvalue weighted by molar-refractivity contribution is 6.05. The molecule has 8 heteroatoms. The molecular formula is C24H31N5O3. The number of nitrogens with zero attached hydrogens (tertiary/aromatic N) is 2. The minimum atomic E-state index is -0.612. The maximum atomic E-state index is 13.2. The van der Waals surface area contributed by atoms with Crippen molar-refractivity contribution in [1.29, 1.82) is 0 Å². The molecule has 0 bridgehead atoms. The lowest BCUT2D eigenvalue weighted by atomic mass is 9.82. The zero-order valence-corrected chi connectivity index (χ0v) is 18.4. The Balaban J connectivity index is 1.28. The Morgan fingerprint density at radius 3 is 2.72 bits per heavy atom. The van der Waals surface area contributed by atoms with Crippen LogP contribution < -0.4 is 16.4 Å². The van der Waals surface area contributed by atoms with Crippen LogP contribution in [0.2, 0.25) is 0 Å². The van der Waals surface area contributed by atoms with Crippen molar-refractivity contribution in [3.05, 3.63) is 30.5 Å². The monoisotopic (exact) mass is 437 g/mol. The van der Waals surface area contributed by atoms with Gasteiger partial charge in [-0.3, -0.25) is 9.36 Å². The summed E-state index contributed by atoms with van der Waals surface area (Å²) in [5, 5.41) is 6.80. The quantitative estimate of drug-likeness (QED) is 0.681. The second-order valence-corrected chi connectivity index (χ2v) is 9.80. The number of amides is 4. The SMILES string of the molecule is CC1CCCC(CNC(=O)[C@@H]2C[C@H]3C[C@H]3N2C(=O)Nc2cn(C(N)=O)c3ccccc23)C1. The molecule has 170 valence electrons. The molecule has 1 aliphatic heterocycles. The smallest absolute Gasteiger partial charge is 0.323 e. The van der Waals surface area contributed by atoms with Gasteiger partial charge in [-0.05, 0) is 49.5 Å². The first-order valence-electron chi connectivity index (χ1n) is 11.7. The number of nitrogens with one attached hydrogen (secondary N) is 2. The predicted octanol–water partition coefficient (Wildman–Crippen LogP) is 3.51. The molecule has 3 fully saturated rings. The van der Waals surface area contributed by atoms with E-state index in [2.05, 4.69) is 17.6 Å². The maximum Gasteiger partial charge on any atom is 0.323 e. The standard InChI is InChI=1S/C24H31N5O3/c1-14-5-4-6-15(9-14)12-26-22(30)21-11-16-10-20(16)29(21)24(32)27-18-13-28(23(25)31)19-8-3-2-7-17(18)19/h2-3,7-8,13-16,20-21H,4-6,9-12H2,1H3,(H2,25,31)(H,26,30)(H,27,32)/t14?,15?,16-,20-,21+/m1/s1. The average molecular weight is 438 g/mol. The Morgan fingerprint density at radius 1 is 1.12 bits per heavy atom. The third-order valence-corrected chi connectivity index (χ3v) is 7.44. The van der Waals surface area contributed by atoms with Gasteiger partial charge in [-0.2, -0.15) is 0 Å². The van der Waals surface area contributed by atoms with Crippen LogP contribution in [0.5, 0.6) is 0 Å². The summed E-state index contributed by atoms with van der Waals surface area (Å²) in [5.74, 6) is 1.60. The number of urea groups is 1. The molecule has 1 aromatic carbocycles. The molecule has 2 aliphatic carbocycles. The fraction of sp³-hybridized carbons (Fsp3) is 0.542. The van der Waals surface area contributed by atoms with E-state index >= 15 is 0 Å². The van der Waals surface area contributed by atoms with Crippen LogP contribution in [0.15, 0.2) is 30.5 Å². The van der Waals surface area contributed by atoms with E-state index < -0.39 is 12.1 Å². The minimum Gasteiger partial charge on any atom is -0.354 e. The number of nitrogens with two attached hydrogens (primary N) is 1. The van der Waals surface area contributed by atoms with Crippen LogP contribution in [0.3, 0.4) is 0 Å². The number of benzene rings is 1. The fourth-order valence-corrected chi connectivity index (χ4v) is 5.73. The minimum absolute atomic E-state index is 0.0508. The number of likely N-dealkylation sites (tertiary alicyclic amines) is 1. The predicted molar refractivity (Wildman–Crippen MR) is 122 cm³/mol. The van der Waals surface area contributed by atoms with Gasteiger partial charge in [0, 0.05) is 24.2 Å². The number of rotatable bonds is 4. The lowest BCUT2D eigenvalue weighted by molar-refractivity contribution is -0.125. The average Bonchev–Trinajstić information content (AvgIpc) is 3.28. The summed E-state index contributed by atoms with van der Waals surface area (Å²) in [6.07, 6.45) is 8.03. The van der Waals surface area contributed by atoms with Gasteiger partial charge >= 0.3 is 12.1 Å². The van der Waals surface area contributed by atoms with Crippen molar-refractivity contribution in [3.63, 3.8) is 0 Å². The summed E-state index contributed by atoms with van der Waals surface area (Å²) in [7, 11) is 0. The zero-order valence-electron chi connectivity index (χ0n) is 18.4. The second-order valence-electron chi connectivity index (χ2n) is 9.80. The second kappa shape index (κ2) is 8.15. The van der Waals surface area contributed by atoms with Gasteiger partial charge in [0.25, 0.3) is 0 Å². The van der Waals surface area contributed by atoms with Gasteiger partial charge in [0.2, 0.25) is 5.91 Å². The molecule has 1 saturated heterocycles. The van der Waals surface area contributed by atoms with E-state index in [1.807, 2.05) is 18.2 Å². The molecule has 5 rings (SSSR count). The Labute approximate surface area is 187 Å².